The molecule has 1 aromatic carbocycles. The zero-order valence-electron chi connectivity index (χ0n) is 12.2. The molecule has 1 aliphatic carbocycles. The molecule has 3 rings (SSSR count). The maximum atomic E-state index is 12.1. The molecule has 0 unspecified atom stereocenters. The predicted molar refractivity (Wildman–Crippen MR) is 81.6 cm³/mol. The Balaban J connectivity index is 1.76. The number of aromatic nitrogens is 1. The lowest BCUT2D eigenvalue weighted by Gasteiger charge is -2.43. The second kappa shape index (κ2) is 5.64. The first-order chi connectivity index (χ1) is 10.2. The fraction of sp³-hybridized carbons (Fsp3) is 0.353. The van der Waals surface area contributed by atoms with Crippen LogP contribution < -0.4 is 10.1 Å². The minimum absolute atomic E-state index is 0.00879. The number of methoxy groups -OCH3 is 1. The van der Waals surface area contributed by atoms with Gasteiger partial charge in [0.2, 0.25) is 0 Å². The minimum atomic E-state index is -0.0545. The van der Waals surface area contributed by atoms with E-state index in [1.807, 2.05) is 24.3 Å². The van der Waals surface area contributed by atoms with Gasteiger partial charge in [0.15, 0.2) is 0 Å². The van der Waals surface area contributed by atoms with Crippen LogP contribution in [0.1, 0.15) is 35.3 Å². The summed E-state index contributed by atoms with van der Waals surface area (Å²) >= 11 is 0. The standard InChI is InChI=1S/C17H20N2O2/c1-21-15-8-3-2-6-13(15)17(9-5-10-17)12-19-16(20)14-7-4-11-18-14/h2-4,6-8,11,18H,5,9-10,12H2,1H3,(H,19,20). The van der Waals surface area contributed by atoms with Crippen molar-refractivity contribution in [2.24, 2.45) is 0 Å². The normalized spacial score (nSPS) is 16.0. The van der Waals surface area contributed by atoms with Gasteiger partial charge in [-0.25, -0.2) is 0 Å². The first-order valence-electron chi connectivity index (χ1n) is 7.30. The number of amides is 1. The Kier molecular flexibility index (Phi) is 3.69. The van der Waals surface area contributed by atoms with E-state index in [9.17, 15) is 4.79 Å². The maximum Gasteiger partial charge on any atom is 0.267 e. The van der Waals surface area contributed by atoms with E-state index in [1.54, 1.807) is 19.4 Å². The quantitative estimate of drug-likeness (QED) is 0.887. The van der Waals surface area contributed by atoms with Crippen LogP contribution in [0.4, 0.5) is 0 Å². The van der Waals surface area contributed by atoms with Gasteiger partial charge in [0, 0.05) is 23.7 Å². The molecule has 21 heavy (non-hydrogen) atoms. The number of rotatable bonds is 5. The van der Waals surface area contributed by atoms with Crippen LogP contribution in [0.3, 0.4) is 0 Å². The highest BCUT2D eigenvalue weighted by Gasteiger charge is 2.40. The Labute approximate surface area is 124 Å². The van der Waals surface area contributed by atoms with Crippen LogP contribution in [0, 0.1) is 0 Å². The summed E-state index contributed by atoms with van der Waals surface area (Å²) in [5.41, 5.74) is 1.81. The van der Waals surface area contributed by atoms with E-state index in [-0.39, 0.29) is 11.3 Å². The van der Waals surface area contributed by atoms with Gasteiger partial charge in [-0.05, 0) is 31.0 Å². The van der Waals surface area contributed by atoms with Crippen LogP contribution in [0.25, 0.3) is 0 Å². The Hall–Kier alpha value is -2.23. The maximum absolute atomic E-state index is 12.1. The van der Waals surface area contributed by atoms with Gasteiger partial charge >= 0.3 is 0 Å². The third-order valence-corrected chi connectivity index (χ3v) is 4.42. The molecule has 1 saturated carbocycles. The first-order valence-corrected chi connectivity index (χ1v) is 7.30. The molecule has 110 valence electrons. The fourth-order valence-electron chi connectivity index (χ4n) is 3.04. The van der Waals surface area contributed by atoms with Crippen LogP contribution in [-0.2, 0) is 5.41 Å². The summed E-state index contributed by atoms with van der Waals surface area (Å²) in [7, 11) is 1.70. The molecule has 1 aromatic heterocycles. The SMILES string of the molecule is COc1ccccc1C1(CNC(=O)c2ccc[nH]2)CCC1. The van der Waals surface area contributed by atoms with Crippen molar-refractivity contribution in [1.29, 1.82) is 0 Å². The molecule has 0 spiro atoms. The molecule has 1 heterocycles. The van der Waals surface area contributed by atoms with Gasteiger partial charge in [0.25, 0.3) is 5.91 Å². The molecule has 0 bridgehead atoms. The van der Waals surface area contributed by atoms with Gasteiger partial charge in [-0.3, -0.25) is 4.79 Å². The third-order valence-electron chi connectivity index (χ3n) is 4.42. The minimum Gasteiger partial charge on any atom is -0.496 e. The highest BCUT2D eigenvalue weighted by atomic mass is 16.5. The van der Waals surface area contributed by atoms with Crippen molar-refractivity contribution in [2.75, 3.05) is 13.7 Å². The van der Waals surface area contributed by atoms with Crippen molar-refractivity contribution < 1.29 is 9.53 Å². The molecule has 4 heteroatoms. The van der Waals surface area contributed by atoms with Crippen molar-refractivity contribution in [3.63, 3.8) is 0 Å². The highest BCUT2D eigenvalue weighted by molar-refractivity contribution is 5.92. The van der Waals surface area contributed by atoms with Crippen LogP contribution in [0.2, 0.25) is 0 Å². The Bertz CT molecular complexity index is 615. The summed E-state index contributed by atoms with van der Waals surface area (Å²) in [5, 5.41) is 3.05. The van der Waals surface area contributed by atoms with Crippen LogP contribution in [-0.4, -0.2) is 24.5 Å². The van der Waals surface area contributed by atoms with E-state index in [0.717, 1.165) is 18.6 Å². The molecule has 2 aromatic rings. The van der Waals surface area contributed by atoms with E-state index in [1.165, 1.54) is 12.0 Å². The second-order valence-corrected chi connectivity index (χ2v) is 5.60. The molecule has 0 aliphatic heterocycles. The van der Waals surface area contributed by atoms with Crippen molar-refractivity contribution in [2.45, 2.75) is 24.7 Å². The van der Waals surface area contributed by atoms with E-state index in [0.29, 0.717) is 12.2 Å². The van der Waals surface area contributed by atoms with Gasteiger partial charge in [0.05, 0.1) is 7.11 Å². The van der Waals surface area contributed by atoms with E-state index < -0.39 is 0 Å². The summed E-state index contributed by atoms with van der Waals surface area (Å²) in [5.74, 6) is 0.854. The Morgan fingerprint density at radius 3 is 2.71 bits per heavy atom. The zero-order chi connectivity index (χ0) is 14.7. The first kappa shape index (κ1) is 13.7. The second-order valence-electron chi connectivity index (χ2n) is 5.60. The summed E-state index contributed by atoms with van der Waals surface area (Å²) < 4.78 is 5.49. The number of carbonyl (C=O) groups is 1. The van der Waals surface area contributed by atoms with Gasteiger partial charge in [0.1, 0.15) is 11.4 Å². The smallest absolute Gasteiger partial charge is 0.267 e. The number of nitrogens with one attached hydrogen (secondary N) is 2. The molecule has 0 saturated heterocycles. The molecule has 0 radical (unpaired) electrons. The van der Waals surface area contributed by atoms with E-state index >= 15 is 0 Å². The molecule has 4 nitrogen and oxygen atoms in total. The van der Waals surface area contributed by atoms with E-state index in [2.05, 4.69) is 16.4 Å². The van der Waals surface area contributed by atoms with Crippen LogP contribution in [0.15, 0.2) is 42.6 Å². The largest absolute Gasteiger partial charge is 0.496 e. The number of aromatic amines is 1. The highest BCUT2D eigenvalue weighted by Crippen LogP contribution is 2.46. The lowest BCUT2D eigenvalue weighted by atomic mass is 9.64. The summed E-state index contributed by atoms with van der Waals surface area (Å²) in [6, 6.07) is 11.7. The molecule has 2 N–H and O–H groups in total. The number of H-pyrrole nitrogens is 1. The number of hydrogen-bond donors (Lipinski definition) is 2. The molecule has 1 aliphatic rings. The predicted octanol–water partition coefficient (Wildman–Crippen LogP) is 2.88. The average molecular weight is 284 g/mol. The van der Waals surface area contributed by atoms with Crippen LogP contribution in [0.5, 0.6) is 5.75 Å². The lowest BCUT2D eigenvalue weighted by molar-refractivity contribution is 0.0922. The molecular weight excluding hydrogens is 264 g/mol. The summed E-state index contributed by atoms with van der Waals surface area (Å²) in [4.78, 5) is 15.0. The Morgan fingerprint density at radius 2 is 2.10 bits per heavy atom. The number of hydrogen-bond acceptors (Lipinski definition) is 2. The summed E-state index contributed by atoms with van der Waals surface area (Å²) in [6.07, 6.45) is 5.11. The monoisotopic (exact) mass is 284 g/mol. The molecular formula is C17H20N2O2. The van der Waals surface area contributed by atoms with Gasteiger partial charge in [-0.1, -0.05) is 24.6 Å². The summed E-state index contributed by atoms with van der Waals surface area (Å²) in [6.45, 7) is 0.644. The molecule has 1 amide bonds. The van der Waals surface area contributed by atoms with Crippen LogP contribution >= 0.6 is 0 Å². The Morgan fingerprint density at radius 1 is 1.29 bits per heavy atom. The van der Waals surface area contributed by atoms with Crippen molar-refractivity contribution in [1.82, 2.24) is 10.3 Å². The van der Waals surface area contributed by atoms with Gasteiger partial charge in [-0.2, -0.15) is 0 Å². The van der Waals surface area contributed by atoms with Gasteiger partial charge < -0.3 is 15.0 Å². The number of ether oxygens (including phenoxy) is 1. The topological polar surface area (TPSA) is 54.1 Å². The van der Waals surface area contributed by atoms with E-state index in [4.69, 9.17) is 4.74 Å². The van der Waals surface area contributed by atoms with Crippen molar-refractivity contribution >= 4 is 5.91 Å². The number of para-hydroxylation sites is 1. The number of benzene rings is 1. The average Bonchev–Trinajstić information content (AvgIpc) is 3.00. The number of carbonyl (C=O) groups excluding carboxylic acids is 1. The van der Waals surface area contributed by atoms with Crippen molar-refractivity contribution in [3.05, 3.63) is 53.9 Å². The fourth-order valence-corrected chi connectivity index (χ4v) is 3.04. The third kappa shape index (κ3) is 2.53. The lowest BCUT2D eigenvalue weighted by Crippen LogP contribution is -2.45. The molecule has 0 atom stereocenters. The zero-order valence-corrected chi connectivity index (χ0v) is 12.2. The van der Waals surface area contributed by atoms with Crippen molar-refractivity contribution in [3.8, 4) is 5.75 Å². The molecule has 1 fully saturated rings. The van der Waals surface area contributed by atoms with Gasteiger partial charge in [-0.15, -0.1) is 0 Å².